The highest BCUT2D eigenvalue weighted by Crippen LogP contribution is 2.38. The molecule has 0 radical (unpaired) electrons. The van der Waals surface area contributed by atoms with E-state index in [1.165, 1.54) is 18.2 Å². The first-order valence-electron chi connectivity index (χ1n) is 13.9. The fraction of sp³-hybridized carbons (Fsp3) is 0.355. The van der Waals surface area contributed by atoms with Crippen molar-refractivity contribution in [2.45, 2.75) is 42.8 Å². The van der Waals surface area contributed by atoms with E-state index in [4.69, 9.17) is 19.4 Å². The van der Waals surface area contributed by atoms with Gasteiger partial charge < -0.3 is 19.7 Å². The maximum Gasteiger partial charge on any atom is 0.227 e. The quantitative estimate of drug-likeness (QED) is 0.311. The maximum absolute atomic E-state index is 12.0. The average molecular weight is 574 g/mol. The van der Waals surface area contributed by atoms with Gasteiger partial charge in [0.2, 0.25) is 5.95 Å². The number of anilines is 3. The third-order valence-corrected chi connectivity index (χ3v) is 9.29. The number of ether oxygens (including phenoxy) is 2. The van der Waals surface area contributed by atoms with Crippen LogP contribution in [0.15, 0.2) is 71.6 Å². The number of nitrogens with zero attached hydrogens (tertiary/aromatic N) is 4. The number of nitrogens with one attached hydrogen (secondary N) is 1. The lowest BCUT2D eigenvalue weighted by Gasteiger charge is -2.29. The van der Waals surface area contributed by atoms with Gasteiger partial charge in [0.25, 0.3) is 0 Å². The second-order valence-electron chi connectivity index (χ2n) is 10.8. The summed E-state index contributed by atoms with van der Waals surface area (Å²) in [5.74, 6) is 2.45. The lowest BCUT2D eigenvalue weighted by Crippen LogP contribution is -2.39. The number of hydrogen-bond acceptors (Lipinski definition) is 9. The van der Waals surface area contributed by atoms with E-state index < -0.39 is 9.84 Å². The highest BCUT2D eigenvalue weighted by molar-refractivity contribution is 7.90. The minimum atomic E-state index is -3.29. The summed E-state index contributed by atoms with van der Waals surface area (Å²) < 4.78 is 35.1. The first-order chi connectivity index (χ1) is 19.8. The van der Waals surface area contributed by atoms with Crippen molar-refractivity contribution in [3.63, 3.8) is 0 Å². The Morgan fingerprint density at radius 1 is 0.902 bits per heavy atom. The van der Waals surface area contributed by atoms with Gasteiger partial charge in [0.1, 0.15) is 5.82 Å². The predicted octanol–water partition coefficient (Wildman–Crippen LogP) is 5.04. The highest BCUT2D eigenvalue weighted by atomic mass is 32.2. The second kappa shape index (κ2) is 11.2. The zero-order chi connectivity index (χ0) is 28.6. The van der Waals surface area contributed by atoms with E-state index in [-0.39, 0.29) is 4.90 Å². The number of benzene rings is 3. The molecule has 0 saturated carbocycles. The highest BCUT2D eigenvalue weighted by Gasteiger charge is 2.38. The van der Waals surface area contributed by atoms with E-state index in [2.05, 4.69) is 45.4 Å². The van der Waals surface area contributed by atoms with Gasteiger partial charge in [-0.3, -0.25) is 4.90 Å². The van der Waals surface area contributed by atoms with Crippen molar-refractivity contribution in [2.75, 3.05) is 43.8 Å². The van der Waals surface area contributed by atoms with Gasteiger partial charge in [-0.1, -0.05) is 30.3 Å². The summed E-state index contributed by atoms with van der Waals surface area (Å²) in [5, 5.41) is 4.18. The van der Waals surface area contributed by atoms with E-state index in [1.54, 1.807) is 38.5 Å². The minimum absolute atomic E-state index is 0.266. The summed E-state index contributed by atoms with van der Waals surface area (Å²) in [5.41, 5.74) is 2.80. The Bertz CT molecular complexity index is 1650. The smallest absolute Gasteiger partial charge is 0.227 e. The van der Waals surface area contributed by atoms with Crippen LogP contribution >= 0.6 is 0 Å². The van der Waals surface area contributed by atoms with Crippen molar-refractivity contribution in [3.05, 3.63) is 72.3 Å². The summed E-state index contributed by atoms with van der Waals surface area (Å²) in [6, 6.07) is 22.1. The number of fused-ring (bicyclic) bond motifs is 3. The van der Waals surface area contributed by atoms with Crippen LogP contribution in [0.4, 0.5) is 17.5 Å². The first kappa shape index (κ1) is 27.3. The summed E-state index contributed by atoms with van der Waals surface area (Å²) in [6.07, 6.45) is 4.63. The van der Waals surface area contributed by atoms with Crippen LogP contribution in [0.25, 0.3) is 10.9 Å². The summed E-state index contributed by atoms with van der Waals surface area (Å²) >= 11 is 0. The fourth-order valence-electron chi connectivity index (χ4n) is 6.01. The van der Waals surface area contributed by atoms with Crippen LogP contribution in [0, 0.1) is 0 Å². The molecule has 10 heteroatoms. The number of aromatic nitrogens is 2. The van der Waals surface area contributed by atoms with Crippen molar-refractivity contribution < 1.29 is 17.9 Å². The summed E-state index contributed by atoms with van der Waals surface area (Å²) in [4.78, 5) is 15.3. The molecule has 2 bridgehead atoms. The van der Waals surface area contributed by atoms with E-state index >= 15 is 0 Å². The molecule has 9 nitrogen and oxygen atoms in total. The average Bonchev–Trinajstić information content (AvgIpc) is 3.24. The van der Waals surface area contributed by atoms with Crippen molar-refractivity contribution in [1.82, 2.24) is 14.9 Å². The van der Waals surface area contributed by atoms with Crippen LogP contribution in [-0.2, 0) is 16.4 Å². The zero-order valence-electron chi connectivity index (χ0n) is 23.6. The van der Waals surface area contributed by atoms with Crippen molar-refractivity contribution in [2.24, 2.45) is 0 Å². The number of methoxy groups -OCH3 is 2. The Labute approximate surface area is 241 Å². The fourth-order valence-corrected chi connectivity index (χ4v) is 6.64. The Hall–Kier alpha value is -3.89. The molecule has 0 unspecified atom stereocenters. The van der Waals surface area contributed by atoms with Crippen LogP contribution in [0.3, 0.4) is 0 Å². The molecule has 3 aromatic carbocycles. The van der Waals surface area contributed by atoms with Crippen molar-refractivity contribution >= 4 is 38.2 Å². The van der Waals surface area contributed by atoms with Gasteiger partial charge in [0.05, 0.1) is 24.6 Å². The molecule has 2 aliphatic rings. The summed E-state index contributed by atoms with van der Waals surface area (Å²) in [6.45, 7) is 2.67. The molecule has 3 heterocycles. The molecule has 6 rings (SSSR count). The van der Waals surface area contributed by atoms with E-state index in [1.807, 2.05) is 12.1 Å². The molecular weight excluding hydrogens is 538 g/mol. The van der Waals surface area contributed by atoms with Crippen LogP contribution in [0.1, 0.15) is 24.8 Å². The monoisotopic (exact) mass is 573 g/mol. The number of hydrogen-bond donors (Lipinski definition) is 1. The Balaban J connectivity index is 1.35. The Morgan fingerprint density at radius 2 is 1.61 bits per heavy atom. The van der Waals surface area contributed by atoms with Crippen molar-refractivity contribution in [3.8, 4) is 11.5 Å². The molecule has 0 amide bonds. The molecule has 0 spiro atoms. The molecular formula is C31H35N5O4S. The Morgan fingerprint density at radius 3 is 2.32 bits per heavy atom. The Kier molecular flexibility index (Phi) is 7.44. The van der Waals surface area contributed by atoms with Crippen LogP contribution in [0.2, 0.25) is 0 Å². The third kappa shape index (κ3) is 5.67. The SMILES string of the molecule is COc1cc2nc(N3CC[C@@H]4CC[C@H](C3)N4Cc3ccccc3)nc(Nc3ccc(S(C)(=O)=O)cc3)c2cc1OC. The number of rotatable bonds is 8. The molecule has 41 heavy (non-hydrogen) atoms. The molecule has 1 N–H and O–H groups in total. The molecule has 0 aliphatic carbocycles. The predicted molar refractivity (Wildman–Crippen MR) is 161 cm³/mol. The molecule has 214 valence electrons. The van der Waals surface area contributed by atoms with E-state index in [0.717, 1.165) is 49.1 Å². The van der Waals surface area contributed by atoms with Gasteiger partial charge in [0, 0.05) is 55.1 Å². The molecule has 4 aromatic rings. The topological polar surface area (TPSA) is 96.9 Å². The van der Waals surface area contributed by atoms with Crippen LogP contribution < -0.4 is 19.7 Å². The maximum atomic E-state index is 12.0. The lowest BCUT2D eigenvalue weighted by atomic mass is 10.1. The van der Waals surface area contributed by atoms with Gasteiger partial charge >= 0.3 is 0 Å². The zero-order valence-corrected chi connectivity index (χ0v) is 24.4. The molecule has 2 atom stereocenters. The minimum Gasteiger partial charge on any atom is -0.493 e. The van der Waals surface area contributed by atoms with Gasteiger partial charge in [-0.25, -0.2) is 13.4 Å². The normalized spacial score (nSPS) is 19.2. The van der Waals surface area contributed by atoms with Gasteiger partial charge in [-0.2, -0.15) is 4.98 Å². The molecule has 2 fully saturated rings. The summed E-state index contributed by atoms with van der Waals surface area (Å²) in [7, 11) is -0.0790. The van der Waals surface area contributed by atoms with E-state index in [0.29, 0.717) is 35.3 Å². The number of sulfone groups is 1. The van der Waals surface area contributed by atoms with Gasteiger partial charge in [-0.15, -0.1) is 0 Å². The largest absolute Gasteiger partial charge is 0.493 e. The molecule has 2 aliphatic heterocycles. The van der Waals surface area contributed by atoms with Crippen molar-refractivity contribution in [1.29, 1.82) is 0 Å². The first-order valence-corrected chi connectivity index (χ1v) is 15.8. The van der Waals surface area contributed by atoms with Gasteiger partial charge in [-0.05, 0) is 55.2 Å². The second-order valence-corrected chi connectivity index (χ2v) is 12.8. The van der Waals surface area contributed by atoms with E-state index in [9.17, 15) is 8.42 Å². The third-order valence-electron chi connectivity index (χ3n) is 8.16. The standard InChI is InChI=1S/C31H35N5O4S/c1-39-28-17-26-27(18-29(28)40-2)33-31(34-30(26)32-22-9-13-25(14-10-22)41(3,37)38)35-16-15-23-11-12-24(20-35)36(23)19-21-7-5-4-6-8-21/h4-10,13-14,17-18,23-24H,11-12,15-16,19-20H2,1-3H3,(H,32,33,34)/t23-,24+/m0/s1. The lowest BCUT2D eigenvalue weighted by molar-refractivity contribution is 0.194. The molecule has 1 aromatic heterocycles. The van der Waals surface area contributed by atoms with Crippen LogP contribution in [-0.4, -0.2) is 68.9 Å². The van der Waals surface area contributed by atoms with Gasteiger partial charge in [0.15, 0.2) is 21.3 Å². The molecule has 2 saturated heterocycles. The van der Waals surface area contributed by atoms with Crippen LogP contribution in [0.5, 0.6) is 11.5 Å².